The summed E-state index contributed by atoms with van der Waals surface area (Å²) < 4.78 is 21.8. The minimum absolute atomic E-state index is 0.0611. The molecule has 5 nitrogen and oxygen atoms in total. The van der Waals surface area contributed by atoms with Crippen molar-refractivity contribution < 1.29 is 13.2 Å². The molecule has 0 radical (unpaired) electrons. The van der Waals surface area contributed by atoms with E-state index < -0.39 is 15.4 Å². The normalized spacial score (nSPS) is 33.0. The number of nitrogens with two attached hydrogens (primary N) is 1. The van der Waals surface area contributed by atoms with E-state index in [0.717, 1.165) is 12.8 Å². The van der Waals surface area contributed by atoms with Crippen molar-refractivity contribution in [1.82, 2.24) is 4.90 Å². The number of carbonyl (C=O) groups excluding carboxylic acids is 1. The number of likely N-dealkylation sites (tertiary alicyclic amines) is 1. The second-order valence-electron chi connectivity index (χ2n) is 4.53. The zero-order valence-corrected chi connectivity index (χ0v) is 8.88. The Morgan fingerprint density at radius 2 is 2.14 bits per heavy atom. The highest BCUT2D eigenvalue weighted by Gasteiger charge is 2.54. The first-order chi connectivity index (χ1) is 6.32. The molecule has 0 spiro atoms. The third kappa shape index (κ3) is 1.64. The number of nitrogens with zero attached hydrogens (tertiary/aromatic N) is 1. The van der Waals surface area contributed by atoms with Crippen molar-refractivity contribution in [2.24, 2.45) is 10.6 Å². The van der Waals surface area contributed by atoms with Gasteiger partial charge < -0.3 is 4.90 Å². The van der Waals surface area contributed by atoms with Crippen LogP contribution in [0, 0.1) is 5.41 Å². The molecule has 14 heavy (non-hydrogen) atoms. The predicted molar refractivity (Wildman–Crippen MR) is 50.8 cm³/mol. The third-order valence-corrected chi connectivity index (χ3v) is 3.84. The summed E-state index contributed by atoms with van der Waals surface area (Å²) >= 11 is 0. The van der Waals surface area contributed by atoms with Gasteiger partial charge in [-0.05, 0) is 19.8 Å². The number of amides is 1. The van der Waals surface area contributed by atoms with Crippen LogP contribution in [0.4, 0.5) is 0 Å². The molecule has 0 aromatic carbocycles. The van der Waals surface area contributed by atoms with Crippen molar-refractivity contribution in [1.29, 1.82) is 0 Å². The minimum atomic E-state index is -3.55. The van der Waals surface area contributed by atoms with Crippen LogP contribution in [0.1, 0.15) is 19.8 Å². The molecule has 6 heteroatoms. The molecule has 1 amide bonds. The highest BCUT2D eigenvalue weighted by molar-refractivity contribution is 7.89. The van der Waals surface area contributed by atoms with Crippen LogP contribution in [0.2, 0.25) is 0 Å². The van der Waals surface area contributed by atoms with Crippen molar-refractivity contribution in [2.75, 3.05) is 12.3 Å². The van der Waals surface area contributed by atoms with Crippen molar-refractivity contribution in [3.05, 3.63) is 0 Å². The summed E-state index contributed by atoms with van der Waals surface area (Å²) in [5.41, 5.74) is -0.768. The Kier molecular flexibility index (Phi) is 1.91. The second-order valence-corrected chi connectivity index (χ2v) is 6.15. The van der Waals surface area contributed by atoms with Crippen LogP contribution in [-0.4, -0.2) is 37.6 Å². The first-order valence-electron chi connectivity index (χ1n) is 4.63. The molecule has 0 bridgehead atoms. The monoisotopic (exact) mass is 218 g/mol. The van der Waals surface area contributed by atoms with Gasteiger partial charge in [0.25, 0.3) is 0 Å². The van der Waals surface area contributed by atoms with Crippen LogP contribution >= 0.6 is 0 Å². The van der Waals surface area contributed by atoms with Crippen LogP contribution in [0.3, 0.4) is 0 Å². The smallest absolute Gasteiger partial charge is 0.231 e. The lowest BCUT2D eigenvalue weighted by atomic mass is 9.82. The summed E-state index contributed by atoms with van der Waals surface area (Å²) in [4.78, 5) is 13.4. The van der Waals surface area contributed by atoms with Gasteiger partial charge in [0.05, 0.1) is 11.2 Å². The number of hydrogen-bond donors (Lipinski definition) is 1. The quantitative estimate of drug-likeness (QED) is 0.635. The Hall–Kier alpha value is -0.620. The van der Waals surface area contributed by atoms with Gasteiger partial charge in [-0.25, -0.2) is 13.6 Å². The molecule has 1 aliphatic heterocycles. The SMILES string of the molecule is CC1(CS(N)(=O)=O)CN(C2CC2)C1=O. The van der Waals surface area contributed by atoms with Gasteiger partial charge in [-0.1, -0.05) is 0 Å². The molecule has 1 aliphatic carbocycles. The molecule has 2 N–H and O–H groups in total. The number of primary sulfonamides is 1. The van der Waals surface area contributed by atoms with E-state index in [0.29, 0.717) is 12.6 Å². The van der Waals surface area contributed by atoms with Gasteiger partial charge in [0.15, 0.2) is 0 Å². The maximum Gasteiger partial charge on any atom is 0.231 e. The molecular formula is C8H14N2O3S. The fourth-order valence-electron chi connectivity index (χ4n) is 2.00. The highest BCUT2D eigenvalue weighted by Crippen LogP contribution is 2.40. The van der Waals surface area contributed by atoms with Crippen LogP contribution in [0.5, 0.6) is 0 Å². The third-order valence-electron chi connectivity index (χ3n) is 2.80. The Morgan fingerprint density at radius 3 is 2.50 bits per heavy atom. The summed E-state index contributed by atoms with van der Waals surface area (Å²) in [7, 11) is -3.55. The van der Waals surface area contributed by atoms with E-state index >= 15 is 0 Å². The van der Waals surface area contributed by atoms with E-state index in [9.17, 15) is 13.2 Å². The van der Waals surface area contributed by atoms with Crippen LogP contribution in [0.15, 0.2) is 0 Å². The molecular weight excluding hydrogens is 204 g/mol. The first kappa shape index (κ1) is 9.92. The van der Waals surface area contributed by atoms with Gasteiger partial charge >= 0.3 is 0 Å². The molecule has 1 atom stereocenters. The summed E-state index contributed by atoms with van der Waals surface area (Å²) in [6.45, 7) is 2.20. The largest absolute Gasteiger partial charge is 0.338 e. The Balaban J connectivity index is 2.03. The Morgan fingerprint density at radius 1 is 1.57 bits per heavy atom. The minimum Gasteiger partial charge on any atom is -0.338 e. The van der Waals surface area contributed by atoms with Crippen LogP contribution in [-0.2, 0) is 14.8 Å². The van der Waals surface area contributed by atoms with Crippen LogP contribution in [0.25, 0.3) is 0 Å². The topological polar surface area (TPSA) is 80.5 Å². The molecule has 80 valence electrons. The number of rotatable bonds is 3. The average molecular weight is 218 g/mol. The predicted octanol–water partition coefficient (Wildman–Crippen LogP) is -0.714. The van der Waals surface area contributed by atoms with Crippen molar-refractivity contribution in [2.45, 2.75) is 25.8 Å². The fourth-order valence-corrected chi connectivity index (χ4v) is 3.11. The standard InChI is InChI=1S/C8H14N2O3S/c1-8(5-14(9,12)13)4-10(7(8)11)6-2-3-6/h6H,2-5H2,1H3,(H2,9,12,13). The molecule has 1 saturated carbocycles. The molecule has 2 aliphatic rings. The van der Waals surface area contributed by atoms with Gasteiger partial charge in [-0.3, -0.25) is 4.79 Å². The van der Waals surface area contributed by atoms with Crippen molar-refractivity contribution in [3.8, 4) is 0 Å². The summed E-state index contributed by atoms with van der Waals surface area (Å²) in [5.74, 6) is -0.295. The molecule has 2 rings (SSSR count). The molecule has 2 fully saturated rings. The van der Waals surface area contributed by atoms with Gasteiger partial charge in [-0.15, -0.1) is 0 Å². The first-order valence-corrected chi connectivity index (χ1v) is 6.35. The van der Waals surface area contributed by atoms with E-state index in [1.165, 1.54) is 0 Å². The molecule has 1 heterocycles. The lowest BCUT2D eigenvalue weighted by molar-refractivity contribution is -0.157. The number of carbonyl (C=O) groups is 1. The van der Waals surface area contributed by atoms with Gasteiger partial charge in [-0.2, -0.15) is 0 Å². The zero-order valence-electron chi connectivity index (χ0n) is 8.06. The maximum absolute atomic E-state index is 11.6. The highest BCUT2D eigenvalue weighted by atomic mass is 32.2. The number of sulfonamides is 1. The van der Waals surface area contributed by atoms with Gasteiger partial charge in [0, 0.05) is 12.6 Å². The summed E-state index contributed by atoms with van der Waals surface area (Å²) in [5, 5.41) is 4.93. The molecule has 1 unspecified atom stereocenters. The van der Waals surface area contributed by atoms with Gasteiger partial charge in [0.1, 0.15) is 0 Å². The summed E-state index contributed by atoms with van der Waals surface area (Å²) in [6.07, 6.45) is 2.11. The number of β-lactam (4-membered cyclic amide) rings is 1. The fraction of sp³-hybridized carbons (Fsp3) is 0.875. The number of hydrogen-bond acceptors (Lipinski definition) is 3. The van der Waals surface area contributed by atoms with Crippen LogP contribution < -0.4 is 5.14 Å². The van der Waals surface area contributed by atoms with Gasteiger partial charge in [0.2, 0.25) is 15.9 Å². The lowest BCUT2D eigenvalue weighted by Gasteiger charge is -2.46. The zero-order chi connectivity index (χ0) is 10.6. The Labute approximate surface area is 83.3 Å². The van der Waals surface area contributed by atoms with E-state index in [2.05, 4.69) is 0 Å². The maximum atomic E-state index is 11.6. The Bertz CT molecular complexity index is 374. The lowest BCUT2D eigenvalue weighted by Crippen LogP contribution is -2.63. The molecule has 1 saturated heterocycles. The average Bonchev–Trinajstić information content (AvgIpc) is 2.79. The van der Waals surface area contributed by atoms with E-state index in [1.807, 2.05) is 0 Å². The second kappa shape index (κ2) is 2.70. The van der Waals surface area contributed by atoms with E-state index in [1.54, 1.807) is 11.8 Å². The van der Waals surface area contributed by atoms with E-state index in [4.69, 9.17) is 5.14 Å². The summed E-state index contributed by atoms with van der Waals surface area (Å²) in [6, 6.07) is 0.371. The van der Waals surface area contributed by atoms with E-state index in [-0.39, 0.29) is 11.7 Å². The molecule has 0 aromatic rings. The van der Waals surface area contributed by atoms with Crippen molar-refractivity contribution >= 4 is 15.9 Å². The molecule has 0 aromatic heterocycles. The van der Waals surface area contributed by atoms with Crippen molar-refractivity contribution in [3.63, 3.8) is 0 Å².